The smallest absolute Gasteiger partial charge is 0.352 e. The normalized spacial score (nSPS) is 15.7. The van der Waals surface area contributed by atoms with E-state index in [9.17, 15) is 18.0 Å². The van der Waals surface area contributed by atoms with Crippen LogP contribution in [0.2, 0.25) is 0 Å². The first kappa shape index (κ1) is 20.7. The minimum atomic E-state index is -4.50. The van der Waals surface area contributed by atoms with Gasteiger partial charge in [-0.2, -0.15) is 13.2 Å². The van der Waals surface area contributed by atoms with Crippen molar-refractivity contribution in [1.29, 1.82) is 0 Å². The summed E-state index contributed by atoms with van der Waals surface area (Å²) in [5.41, 5.74) is -0.718. The molecule has 0 atom stereocenters. The van der Waals surface area contributed by atoms with Gasteiger partial charge in [0.25, 0.3) is 5.91 Å². The highest BCUT2D eigenvalue weighted by Crippen LogP contribution is 2.28. The number of amides is 1. The Morgan fingerprint density at radius 3 is 2.58 bits per heavy atom. The van der Waals surface area contributed by atoms with Crippen molar-refractivity contribution in [2.75, 3.05) is 39.3 Å². The molecule has 9 heteroatoms. The summed E-state index contributed by atoms with van der Waals surface area (Å²) in [6.07, 6.45) is -3.69. The third-order valence-corrected chi connectivity index (χ3v) is 3.77. The van der Waals surface area contributed by atoms with E-state index in [0.29, 0.717) is 6.54 Å². The van der Waals surface area contributed by atoms with Gasteiger partial charge in [0.1, 0.15) is 5.69 Å². The Hall–Kier alpha value is -1.38. The van der Waals surface area contributed by atoms with Gasteiger partial charge in [0, 0.05) is 32.7 Å². The molecule has 1 aromatic rings. The van der Waals surface area contributed by atoms with Crippen LogP contribution < -0.4 is 10.6 Å². The van der Waals surface area contributed by atoms with Crippen LogP contribution in [0.25, 0.3) is 0 Å². The zero-order chi connectivity index (χ0) is 16.9. The minimum absolute atomic E-state index is 0. The number of halogens is 4. The van der Waals surface area contributed by atoms with E-state index < -0.39 is 11.9 Å². The van der Waals surface area contributed by atoms with Crippen LogP contribution >= 0.6 is 12.4 Å². The lowest BCUT2D eigenvalue weighted by Gasteiger charge is -2.27. The minimum Gasteiger partial charge on any atom is -0.352 e. The van der Waals surface area contributed by atoms with E-state index in [1.807, 2.05) is 0 Å². The van der Waals surface area contributed by atoms with Crippen molar-refractivity contribution >= 4 is 18.3 Å². The molecule has 136 valence electrons. The number of aromatic nitrogens is 1. The zero-order valence-corrected chi connectivity index (χ0v) is 14.3. The molecule has 1 aliphatic rings. The molecule has 0 spiro atoms. The van der Waals surface area contributed by atoms with Crippen molar-refractivity contribution in [2.45, 2.75) is 19.5 Å². The highest BCUT2D eigenvalue weighted by atomic mass is 35.5. The van der Waals surface area contributed by atoms with Gasteiger partial charge in [0.05, 0.1) is 11.3 Å². The summed E-state index contributed by atoms with van der Waals surface area (Å²) in [5.74, 6) is -0.385. The van der Waals surface area contributed by atoms with Crippen molar-refractivity contribution in [1.82, 2.24) is 20.5 Å². The molecule has 1 aliphatic heterocycles. The Balaban J connectivity index is 0.00000288. The molecule has 0 aromatic carbocycles. The SMILES string of the molecule is Cc1nc(C(F)(F)F)ccc1C(=O)NCCCN1CCNCC1.Cl. The lowest BCUT2D eigenvalue weighted by atomic mass is 10.1. The molecular formula is C15H22ClF3N4O. The highest BCUT2D eigenvalue weighted by Gasteiger charge is 2.33. The molecule has 1 amide bonds. The number of carbonyl (C=O) groups excluding carboxylic acids is 1. The van der Waals surface area contributed by atoms with E-state index in [1.165, 1.54) is 13.0 Å². The summed E-state index contributed by atoms with van der Waals surface area (Å²) in [6, 6.07) is 2.01. The van der Waals surface area contributed by atoms with Gasteiger partial charge in [0.15, 0.2) is 0 Å². The number of aryl methyl sites for hydroxylation is 1. The van der Waals surface area contributed by atoms with Crippen LogP contribution in [0, 0.1) is 6.92 Å². The molecule has 5 nitrogen and oxygen atoms in total. The maximum absolute atomic E-state index is 12.6. The lowest BCUT2D eigenvalue weighted by Crippen LogP contribution is -2.44. The predicted molar refractivity (Wildman–Crippen MR) is 87.5 cm³/mol. The van der Waals surface area contributed by atoms with Crippen molar-refractivity contribution < 1.29 is 18.0 Å². The van der Waals surface area contributed by atoms with Crippen LogP contribution in [-0.2, 0) is 6.18 Å². The zero-order valence-electron chi connectivity index (χ0n) is 13.4. The Morgan fingerprint density at radius 2 is 2.00 bits per heavy atom. The van der Waals surface area contributed by atoms with Crippen LogP contribution in [0.15, 0.2) is 12.1 Å². The molecule has 0 aliphatic carbocycles. The van der Waals surface area contributed by atoms with Crippen molar-refractivity contribution in [3.8, 4) is 0 Å². The third-order valence-electron chi connectivity index (χ3n) is 3.77. The molecule has 24 heavy (non-hydrogen) atoms. The predicted octanol–water partition coefficient (Wildman–Crippen LogP) is 1.86. The number of rotatable bonds is 5. The average molecular weight is 367 g/mol. The van der Waals surface area contributed by atoms with Gasteiger partial charge in [-0.3, -0.25) is 4.79 Å². The fourth-order valence-corrected chi connectivity index (χ4v) is 2.49. The van der Waals surface area contributed by atoms with Crippen molar-refractivity contribution in [3.05, 3.63) is 29.1 Å². The summed E-state index contributed by atoms with van der Waals surface area (Å²) >= 11 is 0. The molecule has 2 heterocycles. The summed E-state index contributed by atoms with van der Waals surface area (Å²) in [5, 5.41) is 6.00. The Labute approximate surface area is 145 Å². The van der Waals surface area contributed by atoms with Gasteiger partial charge in [-0.25, -0.2) is 4.98 Å². The van der Waals surface area contributed by atoms with Crippen LogP contribution in [0.5, 0.6) is 0 Å². The molecule has 1 saturated heterocycles. The van der Waals surface area contributed by atoms with Gasteiger partial charge in [-0.1, -0.05) is 0 Å². The van der Waals surface area contributed by atoms with E-state index in [0.717, 1.165) is 45.2 Å². The number of alkyl halides is 3. The Morgan fingerprint density at radius 1 is 1.33 bits per heavy atom. The molecule has 0 radical (unpaired) electrons. The highest BCUT2D eigenvalue weighted by molar-refractivity contribution is 5.95. The number of pyridine rings is 1. The second-order valence-electron chi connectivity index (χ2n) is 5.53. The van der Waals surface area contributed by atoms with E-state index in [2.05, 4.69) is 20.5 Å². The van der Waals surface area contributed by atoms with Gasteiger partial charge in [-0.15, -0.1) is 12.4 Å². The lowest BCUT2D eigenvalue weighted by molar-refractivity contribution is -0.141. The number of hydrogen-bond acceptors (Lipinski definition) is 4. The van der Waals surface area contributed by atoms with Crippen molar-refractivity contribution in [3.63, 3.8) is 0 Å². The molecule has 0 unspecified atom stereocenters. The molecule has 0 bridgehead atoms. The molecule has 0 saturated carbocycles. The molecule has 2 N–H and O–H groups in total. The standard InChI is InChI=1S/C15H21F3N4O.ClH/c1-11-12(3-4-13(21-11)15(16,17)18)14(23)20-5-2-8-22-9-6-19-7-10-22;/h3-4,19H,2,5-10H2,1H3,(H,20,23);1H. The van der Waals surface area contributed by atoms with Gasteiger partial charge < -0.3 is 15.5 Å². The fraction of sp³-hybridized carbons (Fsp3) is 0.600. The maximum atomic E-state index is 12.6. The van der Waals surface area contributed by atoms with E-state index in [1.54, 1.807) is 0 Å². The van der Waals surface area contributed by atoms with Gasteiger partial charge >= 0.3 is 6.18 Å². The van der Waals surface area contributed by atoms with Gasteiger partial charge in [-0.05, 0) is 32.0 Å². The quantitative estimate of drug-likeness (QED) is 0.781. The average Bonchev–Trinajstić information content (AvgIpc) is 2.51. The largest absolute Gasteiger partial charge is 0.433 e. The number of hydrogen-bond donors (Lipinski definition) is 2. The van der Waals surface area contributed by atoms with Gasteiger partial charge in [0.2, 0.25) is 0 Å². The maximum Gasteiger partial charge on any atom is 0.433 e. The first-order valence-corrected chi connectivity index (χ1v) is 7.64. The van der Waals surface area contributed by atoms with E-state index in [-0.39, 0.29) is 29.6 Å². The third kappa shape index (κ3) is 5.92. The molecule has 2 rings (SSSR count). The second kappa shape index (κ2) is 9.19. The van der Waals surface area contributed by atoms with E-state index in [4.69, 9.17) is 0 Å². The molecular weight excluding hydrogens is 345 g/mol. The second-order valence-corrected chi connectivity index (χ2v) is 5.53. The Bertz CT molecular complexity index is 548. The Kier molecular flexibility index (Phi) is 7.92. The first-order valence-electron chi connectivity index (χ1n) is 7.64. The first-order chi connectivity index (χ1) is 10.9. The molecule has 1 fully saturated rings. The monoisotopic (exact) mass is 366 g/mol. The van der Waals surface area contributed by atoms with Crippen LogP contribution in [-0.4, -0.2) is 55.1 Å². The summed E-state index contributed by atoms with van der Waals surface area (Å²) in [4.78, 5) is 17.8. The van der Waals surface area contributed by atoms with E-state index >= 15 is 0 Å². The number of piperazine rings is 1. The number of nitrogens with one attached hydrogen (secondary N) is 2. The summed E-state index contributed by atoms with van der Waals surface area (Å²) in [7, 11) is 0. The summed E-state index contributed by atoms with van der Waals surface area (Å²) < 4.78 is 37.7. The van der Waals surface area contributed by atoms with Crippen molar-refractivity contribution in [2.24, 2.45) is 0 Å². The topological polar surface area (TPSA) is 57.3 Å². The number of nitrogens with zero attached hydrogens (tertiary/aromatic N) is 2. The molecule has 1 aromatic heterocycles. The fourth-order valence-electron chi connectivity index (χ4n) is 2.49. The van der Waals surface area contributed by atoms with Crippen LogP contribution in [0.3, 0.4) is 0 Å². The van der Waals surface area contributed by atoms with Crippen LogP contribution in [0.1, 0.15) is 28.2 Å². The summed E-state index contributed by atoms with van der Waals surface area (Å²) in [6.45, 7) is 6.73. The number of carbonyl (C=O) groups is 1. The van der Waals surface area contributed by atoms with Crippen LogP contribution in [0.4, 0.5) is 13.2 Å².